The van der Waals surface area contributed by atoms with Crippen molar-refractivity contribution in [2.75, 3.05) is 20.3 Å². The van der Waals surface area contributed by atoms with Gasteiger partial charge in [-0.3, -0.25) is 0 Å². The van der Waals surface area contributed by atoms with E-state index in [0.29, 0.717) is 13.0 Å². The van der Waals surface area contributed by atoms with E-state index in [4.69, 9.17) is 21.4 Å². The molecule has 3 nitrogen and oxygen atoms in total. The molecule has 17 heavy (non-hydrogen) atoms. The fourth-order valence-electron chi connectivity index (χ4n) is 1.61. The number of ether oxygens (including phenoxy) is 1. The van der Waals surface area contributed by atoms with Crippen molar-refractivity contribution in [2.24, 2.45) is 0 Å². The molecule has 1 aromatic rings. The van der Waals surface area contributed by atoms with E-state index in [1.807, 2.05) is 19.1 Å². The Hall–Kier alpha value is -0.610. The zero-order chi connectivity index (χ0) is 12.7. The van der Waals surface area contributed by atoms with Crippen LogP contribution in [0.1, 0.15) is 17.5 Å². The average Bonchev–Trinajstić information content (AvgIpc) is 2.31. The first kappa shape index (κ1) is 14.5. The Morgan fingerprint density at radius 1 is 1.47 bits per heavy atom. The highest BCUT2D eigenvalue weighted by atomic mass is 35.5. The van der Waals surface area contributed by atoms with Crippen LogP contribution in [0, 0.1) is 6.92 Å². The molecule has 96 valence electrons. The van der Waals surface area contributed by atoms with Gasteiger partial charge in [-0.1, -0.05) is 23.7 Å². The molecule has 0 aliphatic heterocycles. The summed E-state index contributed by atoms with van der Waals surface area (Å²) in [7, 11) is 1.66. The summed E-state index contributed by atoms with van der Waals surface area (Å²) in [5, 5.41) is 13.1. The Morgan fingerprint density at radius 3 is 2.82 bits per heavy atom. The minimum absolute atomic E-state index is 0.162. The molecular weight excluding hydrogens is 238 g/mol. The fourth-order valence-corrected chi connectivity index (χ4v) is 1.81. The lowest BCUT2D eigenvalue weighted by Crippen LogP contribution is -2.33. The number of aryl methyl sites for hydroxylation is 1. The van der Waals surface area contributed by atoms with Gasteiger partial charge in [0.05, 0.1) is 6.61 Å². The van der Waals surface area contributed by atoms with E-state index in [9.17, 15) is 0 Å². The molecule has 4 heteroatoms. The van der Waals surface area contributed by atoms with Crippen LogP contribution in [0.2, 0.25) is 5.02 Å². The van der Waals surface area contributed by atoms with Gasteiger partial charge in [0.2, 0.25) is 0 Å². The van der Waals surface area contributed by atoms with Crippen molar-refractivity contribution in [3.63, 3.8) is 0 Å². The van der Waals surface area contributed by atoms with Gasteiger partial charge in [0, 0.05) is 31.3 Å². The minimum Gasteiger partial charge on any atom is -0.396 e. The second-order valence-corrected chi connectivity index (χ2v) is 4.54. The first-order valence-corrected chi connectivity index (χ1v) is 6.13. The molecule has 0 fully saturated rings. The van der Waals surface area contributed by atoms with E-state index in [2.05, 4.69) is 11.4 Å². The van der Waals surface area contributed by atoms with E-state index < -0.39 is 0 Å². The standard InChI is InChI=1S/C13H20ClNO2/c1-10-3-4-11(7-13(10)14)8-15-12(5-6-16)9-17-2/h3-4,7,12,15-16H,5-6,8-9H2,1-2H3. The third-order valence-corrected chi connectivity index (χ3v) is 3.08. The molecule has 0 saturated heterocycles. The molecule has 0 saturated carbocycles. The number of halogens is 1. The SMILES string of the molecule is COCC(CCO)NCc1ccc(C)c(Cl)c1. The van der Waals surface area contributed by atoms with Crippen molar-refractivity contribution in [3.8, 4) is 0 Å². The summed E-state index contributed by atoms with van der Waals surface area (Å²) >= 11 is 6.06. The van der Waals surface area contributed by atoms with Gasteiger partial charge < -0.3 is 15.2 Å². The van der Waals surface area contributed by atoms with Crippen LogP contribution >= 0.6 is 11.6 Å². The number of aliphatic hydroxyl groups is 1. The predicted octanol–water partition coefficient (Wildman–Crippen LogP) is 2.14. The molecule has 0 bridgehead atoms. The zero-order valence-corrected chi connectivity index (χ0v) is 11.1. The monoisotopic (exact) mass is 257 g/mol. The third-order valence-electron chi connectivity index (χ3n) is 2.68. The Morgan fingerprint density at radius 2 is 2.24 bits per heavy atom. The van der Waals surface area contributed by atoms with E-state index in [1.165, 1.54) is 0 Å². The van der Waals surface area contributed by atoms with Crippen LogP contribution in [0.15, 0.2) is 18.2 Å². The second kappa shape index (κ2) is 7.67. The molecule has 1 rings (SSSR count). The van der Waals surface area contributed by atoms with Crippen molar-refractivity contribution in [3.05, 3.63) is 34.3 Å². The lowest BCUT2D eigenvalue weighted by Gasteiger charge is -2.17. The molecule has 1 unspecified atom stereocenters. The molecule has 2 N–H and O–H groups in total. The number of hydrogen-bond donors (Lipinski definition) is 2. The maximum Gasteiger partial charge on any atom is 0.0616 e. The summed E-state index contributed by atoms with van der Waals surface area (Å²) in [5.41, 5.74) is 2.22. The number of methoxy groups -OCH3 is 1. The van der Waals surface area contributed by atoms with Gasteiger partial charge in [0.25, 0.3) is 0 Å². The maximum atomic E-state index is 8.92. The van der Waals surface area contributed by atoms with E-state index in [0.717, 1.165) is 22.7 Å². The average molecular weight is 258 g/mol. The van der Waals surface area contributed by atoms with Gasteiger partial charge in [0.1, 0.15) is 0 Å². The summed E-state index contributed by atoms with van der Waals surface area (Å²) in [4.78, 5) is 0. The van der Waals surface area contributed by atoms with Crippen LogP contribution < -0.4 is 5.32 Å². The summed E-state index contributed by atoms with van der Waals surface area (Å²) in [6.07, 6.45) is 0.688. The Balaban J connectivity index is 2.49. The van der Waals surface area contributed by atoms with Gasteiger partial charge in [0.15, 0.2) is 0 Å². The summed E-state index contributed by atoms with van der Waals surface area (Å²) in [6, 6.07) is 6.20. The molecule has 0 aromatic heterocycles. The van der Waals surface area contributed by atoms with Gasteiger partial charge >= 0.3 is 0 Å². The molecule has 1 aromatic carbocycles. The lowest BCUT2D eigenvalue weighted by atomic mass is 10.1. The van der Waals surface area contributed by atoms with Crippen molar-refractivity contribution in [1.82, 2.24) is 5.32 Å². The van der Waals surface area contributed by atoms with Crippen LogP contribution in [0.3, 0.4) is 0 Å². The van der Waals surface area contributed by atoms with Crippen molar-refractivity contribution >= 4 is 11.6 Å². The molecule has 0 spiro atoms. The Kier molecular flexibility index (Phi) is 6.52. The first-order chi connectivity index (χ1) is 8.17. The number of nitrogens with one attached hydrogen (secondary N) is 1. The highest BCUT2D eigenvalue weighted by Gasteiger charge is 2.07. The largest absolute Gasteiger partial charge is 0.396 e. The molecule has 1 atom stereocenters. The molecular formula is C13H20ClNO2. The fraction of sp³-hybridized carbons (Fsp3) is 0.538. The quantitative estimate of drug-likeness (QED) is 0.786. The molecule has 0 aliphatic rings. The summed E-state index contributed by atoms with van der Waals surface area (Å²) in [5.74, 6) is 0. The van der Waals surface area contributed by atoms with Crippen molar-refractivity contribution < 1.29 is 9.84 Å². The molecule has 0 radical (unpaired) electrons. The van der Waals surface area contributed by atoms with Crippen LogP contribution in [0.25, 0.3) is 0 Å². The summed E-state index contributed by atoms with van der Waals surface area (Å²) in [6.45, 7) is 3.48. The van der Waals surface area contributed by atoms with Gasteiger partial charge in [-0.15, -0.1) is 0 Å². The van der Waals surface area contributed by atoms with Crippen molar-refractivity contribution in [2.45, 2.75) is 25.9 Å². The highest BCUT2D eigenvalue weighted by Crippen LogP contribution is 2.16. The van der Waals surface area contributed by atoms with Gasteiger partial charge in [-0.2, -0.15) is 0 Å². The summed E-state index contributed by atoms with van der Waals surface area (Å²) < 4.78 is 5.09. The normalized spacial score (nSPS) is 12.7. The second-order valence-electron chi connectivity index (χ2n) is 4.13. The maximum absolute atomic E-state index is 8.92. The van der Waals surface area contributed by atoms with Crippen LogP contribution in [-0.2, 0) is 11.3 Å². The highest BCUT2D eigenvalue weighted by molar-refractivity contribution is 6.31. The van der Waals surface area contributed by atoms with Crippen LogP contribution in [0.5, 0.6) is 0 Å². The Labute approximate surface area is 108 Å². The smallest absolute Gasteiger partial charge is 0.0616 e. The number of hydrogen-bond acceptors (Lipinski definition) is 3. The number of rotatable bonds is 7. The minimum atomic E-state index is 0.162. The van der Waals surface area contributed by atoms with Gasteiger partial charge in [-0.05, 0) is 30.5 Å². The number of benzene rings is 1. The molecule has 0 heterocycles. The van der Waals surface area contributed by atoms with Crippen LogP contribution in [-0.4, -0.2) is 31.5 Å². The van der Waals surface area contributed by atoms with Crippen LogP contribution in [0.4, 0.5) is 0 Å². The Bertz CT molecular complexity index is 338. The van der Waals surface area contributed by atoms with E-state index in [-0.39, 0.29) is 12.6 Å². The predicted molar refractivity (Wildman–Crippen MR) is 70.4 cm³/mol. The zero-order valence-electron chi connectivity index (χ0n) is 10.4. The van der Waals surface area contributed by atoms with E-state index >= 15 is 0 Å². The number of aliphatic hydroxyl groups excluding tert-OH is 1. The lowest BCUT2D eigenvalue weighted by molar-refractivity contribution is 0.148. The van der Waals surface area contributed by atoms with E-state index in [1.54, 1.807) is 7.11 Å². The topological polar surface area (TPSA) is 41.5 Å². The third kappa shape index (κ3) is 5.04. The molecule has 0 amide bonds. The van der Waals surface area contributed by atoms with Crippen molar-refractivity contribution in [1.29, 1.82) is 0 Å². The first-order valence-electron chi connectivity index (χ1n) is 5.75. The molecule has 0 aliphatic carbocycles. The van der Waals surface area contributed by atoms with Gasteiger partial charge in [-0.25, -0.2) is 0 Å².